The molecule has 0 atom stereocenters. The number of aryl methyl sites for hydroxylation is 1. The number of hydrogen-bond acceptors (Lipinski definition) is 4. The summed E-state index contributed by atoms with van der Waals surface area (Å²) in [4.78, 5) is 5.17. The van der Waals surface area contributed by atoms with Gasteiger partial charge in [0.1, 0.15) is 11.6 Å². The fourth-order valence-corrected chi connectivity index (χ4v) is 2.31. The molecule has 1 aromatic carbocycles. The van der Waals surface area contributed by atoms with E-state index in [0.717, 1.165) is 16.3 Å². The first-order valence-electron chi connectivity index (χ1n) is 5.19. The summed E-state index contributed by atoms with van der Waals surface area (Å²) in [5.41, 5.74) is 0.903. The van der Waals surface area contributed by atoms with Crippen molar-refractivity contribution in [1.29, 1.82) is 0 Å². The summed E-state index contributed by atoms with van der Waals surface area (Å²) in [5.74, 6) is 0.538. The minimum absolute atomic E-state index is 0.231. The lowest BCUT2D eigenvalue weighted by Crippen LogP contribution is -2.06. The molecule has 0 unspecified atom stereocenters. The third kappa shape index (κ3) is 3.04. The highest BCUT2D eigenvalue weighted by Crippen LogP contribution is 2.28. The molecule has 0 fully saturated rings. The Bertz CT molecular complexity index is 512. The van der Waals surface area contributed by atoms with Gasteiger partial charge < -0.3 is 5.32 Å². The Kier molecular flexibility index (Phi) is 3.75. The summed E-state index contributed by atoms with van der Waals surface area (Å²) < 4.78 is 13.1. The van der Waals surface area contributed by atoms with Crippen LogP contribution in [0.15, 0.2) is 28.3 Å². The van der Waals surface area contributed by atoms with Gasteiger partial charge in [-0.2, -0.15) is 0 Å². The summed E-state index contributed by atoms with van der Waals surface area (Å²) in [6.45, 7) is 2.46. The van der Waals surface area contributed by atoms with E-state index in [4.69, 9.17) is 0 Å². The molecule has 0 amide bonds. The fraction of sp³-hybridized carbons (Fsp3) is 0.273. The zero-order valence-electron chi connectivity index (χ0n) is 9.62. The van der Waals surface area contributed by atoms with E-state index < -0.39 is 0 Å². The van der Waals surface area contributed by atoms with Gasteiger partial charge in [-0.3, -0.25) is 5.10 Å². The van der Waals surface area contributed by atoms with Crippen molar-refractivity contribution >= 4 is 11.8 Å². The minimum Gasteiger partial charge on any atom is -0.316 e. The first kappa shape index (κ1) is 12.1. The average Bonchev–Trinajstić information content (AvgIpc) is 2.69. The normalized spacial score (nSPS) is 10.8. The molecule has 4 nitrogen and oxygen atoms in total. The largest absolute Gasteiger partial charge is 0.316 e. The first-order valence-corrected chi connectivity index (χ1v) is 6.00. The predicted molar refractivity (Wildman–Crippen MR) is 64.4 cm³/mol. The van der Waals surface area contributed by atoms with Crippen molar-refractivity contribution in [3.63, 3.8) is 0 Å². The third-order valence-electron chi connectivity index (χ3n) is 2.17. The molecule has 0 bridgehead atoms. The summed E-state index contributed by atoms with van der Waals surface area (Å²) in [6, 6.07) is 4.72. The van der Waals surface area contributed by atoms with Crippen molar-refractivity contribution in [3.8, 4) is 0 Å². The first-order chi connectivity index (χ1) is 8.19. The highest BCUT2D eigenvalue weighted by molar-refractivity contribution is 7.99. The quantitative estimate of drug-likeness (QED) is 0.875. The lowest BCUT2D eigenvalue weighted by Gasteiger charge is -2.06. The maximum absolute atomic E-state index is 13.1. The number of aromatic amines is 1. The van der Waals surface area contributed by atoms with Gasteiger partial charge in [-0.15, -0.1) is 5.10 Å². The molecule has 6 heteroatoms. The molecule has 2 aromatic rings. The SMILES string of the molecule is CNCc1cc(F)ccc1Sc1n[nH]c(C)n1. The van der Waals surface area contributed by atoms with E-state index in [0.29, 0.717) is 11.7 Å². The second-order valence-electron chi connectivity index (χ2n) is 3.59. The molecule has 90 valence electrons. The maximum Gasteiger partial charge on any atom is 0.213 e. The molecule has 17 heavy (non-hydrogen) atoms. The number of benzene rings is 1. The van der Waals surface area contributed by atoms with Gasteiger partial charge in [0.2, 0.25) is 5.16 Å². The van der Waals surface area contributed by atoms with E-state index >= 15 is 0 Å². The number of hydrogen-bond donors (Lipinski definition) is 2. The number of rotatable bonds is 4. The summed E-state index contributed by atoms with van der Waals surface area (Å²) in [5, 5.41) is 10.5. The van der Waals surface area contributed by atoms with E-state index in [2.05, 4.69) is 20.5 Å². The molecule has 0 saturated carbocycles. The average molecular weight is 252 g/mol. The van der Waals surface area contributed by atoms with Gasteiger partial charge in [-0.1, -0.05) is 0 Å². The number of aromatic nitrogens is 3. The second-order valence-corrected chi connectivity index (χ2v) is 4.60. The van der Waals surface area contributed by atoms with Crippen LogP contribution >= 0.6 is 11.8 Å². The summed E-state index contributed by atoms with van der Waals surface area (Å²) in [7, 11) is 1.83. The number of H-pyrrole nitrogens is 1. The molecular formula is C11H13FN4S. The van der Waals surface area contributed by atoms with Gasteiger partial charge in [-0.05, 0) is 49.5 Å². The van der Waals surface area contributed by atoms with Crippen LogP contribution in [0.3, 0.4) is 0 Å². The van der Waals surface area contributed by atoms with E-state index in [-0.39, 0.29) is 5.82 Å². The fourth-order valence-electron chi connectivity index (χ4n) is 1.44. The molecule has 0 spiro atoms. The summed E-state index contributed by atoms with van der Waals surface area (Å²) >= 11 is 1.42. The van der Waals surface area contributed by atoms with Crippen molar-refractivity contribution in [1.82, 2.24) is 20.5 Å². The number of nitrogens with one attached hydrogen (secondary N) is 2. The highest BCUT2D eigenvalue weighted by Gasteiger charge is 2.08. The Morgan fingerprint density at radius 2 is 2.29 bits per heavy atom. The summed E-state index contributed by atoms with van der Waals surface area (Å²) in [6.07, 6.45) is 0. The zero-order chi connectivity index (χ0) is 12.3. The van der Waals surface area contributed by atoms with Crippen molar-refractivity contribution in [3.05, 3.63) is 35.4 Å². The Balaban J connectivity index is 2.25. The van der Waals surface area contributed by atoms with Gasteiger partial charge in [-0.25, -0.2) is 9.37 Å². The maximum atomic E-state index is 13.1. The lowest BCUT2D eigenvalue weighted by molar-refractivity contribution is 0.621. The van der Waals surface area contributed by atoms with Gasteiger partial charge in [0.05, 0.1) is 0 Å². The molecule has 0 aliphatic heterocycles. The van der Waals surface area contributed by atoms with Crippen LogP contribution in [0.1, 0.15) is 11.4 Å². The molecule has 0 saturated heterocycles. The Hall–Kier alpha value is -1.40. The predicted octanol–water partition coefficient (Wildman–Crippen LogP) is 2.12. The molecule has 0 aliphatic carbocycles. The molecule has 0 aliphatic rings. The van der Waals surface area contributed by atoms with Crippen molar-refractivity contribution in [2.45, 2.75) is 23.5 Å². The Labute approximate surface area is 103 Å². The van der Waals surface area contributed by atoms with Crippen LogP contribution in [-0.2, 0) is 6.54 Å². The molecule has 0 radical (unpaired) electrons. The van der Waals surface area contributed by atoms with E-state index in [1.54, 1.807) is 6.07 Å². The van der Waals surface area contributed by atoms with E-state index in [9.17, 15) is 4.39 Å². The van der Waals surface area contributed by atoms with Crippen LogP contribution in [0.2, 0.25) is 0 Å². The third-order valence-corrected chi connectivity index (χ3v) is 3.15. The van der Waals surface area contributed by atoms with Gasteiger partial charge in [0, 0.05) is 11.4 Å². The van der Waals surface area contributed by atoms with Crippen LogP contribution in [0.4, 0.5) is 4.39 Å². The standard InChI is InChI=1S/C11H13FN4S/c1-7-14-11(16-15-7)17-10-4-3-9(12)5-8(10)6-13-2/h3-5,13H,6H2,1-2H3,(H,14,15,16). The van der Waals surface area contributed by atoms with Crippen molar-refractivity contribution in [2.75, 3.05) is 7.05 Å². The monoisotopic (exact) mass is 252 g/mol. The molecule has 2 N–H and O–H groups in total. The van der Waals surface area contributed by atoms with Crippen molar-refractivity contribution < 1.29 is 4.39 Å². The topological polar surface area (TPSA) is 53.6 Å². The molecular weight excluding hydrogens is 239 g/mol. The van der Waals surface area contributed by atoms with Crippen LogP contribution < -0.4 is 5.32 Å². The van der Waals surface area contributed by atoms with Gasteiger partial charge in [0.15, 0.2) is 0 Å². The highest BCUT2D eigenvalue weighted by atomic mass is 32.2. The Morgan fingerprint density at radius 1 is 1.47 bits per heavy atom. The van der Waals surface area contributed by atoms with Gasteiger partial charge in [0.25, 0.3) is 0 Å². The lowest BCUT2D eigenvalue weighted by atomic mass is 10.2. The van der Waals surface area contributed by atoms with E-state index in [1.807, 2.05) is 14.0 Å². The minimum atomic E-state index is -0.231. The Morgan fingerprint density at radius 3 is 2.94 bits per heavy atom. The smallest absolute Gasteiger partial charge is 0.213 e. The molecule has 1 aromatic heterocycles. The number of halogens is 1. The van der Waals surface area contributed by atoms with E-state index in [1.165, 1.54) is 23.9 Å². The zero-order valence-corrected chi connectivity index (χ0v) is 10.4. The van der Waals surface area contributed by atoms with Crippen LogP contribution in [0, 0.1) is 12.7 Å². The second kappa shape index (κ2) is 5.29. The van der Waals surface area contributed by atoms with Crippen LogP contribution in [0.5, 0.6) is 0 Å². The molecule has 2 rings (SSSR count). The molecule has 1 heterocycles. The van der Waals surface area contributed by atoms with Crippen LogP contribution in [0.25, 0.3) is 0 Å². The van der Waals surface area contributed by atoms with Crippen LogP contribution in [-0.4, -0.2) is 22.2 Å². The van der Waals surface area contributed by atoms with Crippen molar-refractivity contribution in [2.24, 2.45) is 0 Å². The van der Waals surface area contributed by atoms with Gasteiger partial charge >= 0.3 is 0 Å². The number of nitrogens with zero attached hydrogens (tertiary/aromatic N) is 2.